The molecule has 3 nitrogen and oxygen atoms in total. The molecule has 0 unspecified atom stereocenters. The summed E-state index contributed by atoms with van der Waals surface area (Å²) in [4.78, 5) is 0. The minimum atomic E-state index is 0.273. The molecule has 1 fully saturated rings. The Morgan fingerprint density at radius 1 is 1.26 bits per heavy atom. The molecule has 19 heavy (non-hydrogen) atoms. The average Bonchev–Trinajstić information content (AvgIpc) is 3.22. The number of nitrogens with one attached hydrogen (secondary N) is 1. The Bertz CT molecular complexity index is 394. The van der Waals surface area contributed by atoms with E-state index in [1.165, 1.54) is 18.4 Å². The number of hydrogen-bond donors (Lipinski definition) is 2. The number of halogens is 1. The molecule has 0 amide bonds. The molecule has 1 aromatic rings. The van der Waals surface area contributed by atoms with Gasteiger partial charge in [0.05, 0.1) is 6.61 Å². The highest BCUT2D eigenvalue weighted by molar-refractivity contribution is 9.10. The third-order valence-electron chi connectivity index (χ3n) is 3.24. The van der Waals surface area contributed by atoms with Crippen LogP contribution in [0.4, 0.5) is 0 Å². The molecule has 106 valence electrons. The van der Waals surface area contributed by atoms with Crippen LogP contribution in [0.3, 0.4) is 0 Å². The number of unbranched alkanes of at least 4 members (excludes halogenated alkanes) is 2. The number of hydrogen-bond acceptors (Lipinski definition) is 3. The fourth-order valence-electron chi connectivity index (χ4n) is 1.94. The van der Waals surface area contributed by atoms with Gasteiger partial charge in [0, 0.05) is 29.2 Å². The molecule has 0 radical (unpaired) electrons. The zero-order chi connectivity index (χ0) is 13.5. The highest BCUT2D eigenvalue weighted by Gasteiger charge is 2.20. The summed E-state index contributed by atoms with van der Waals surface area (Å²) in [7, 11) is 0. The van der Waals surface area contributed by atoms with E-state index >= 15 is 0 Å². The molecule has 1 aliphatic rings. The van der Waals surface area contributed by atoms with Crippen molar-refractivity contribution in [1.82, 2.24) is 5.32 Å². The van der Waals surface area contributed by atoms with E-state index in [1.807, 2.05) is 12.1 Å². The average molecular weight is 328 g/mol. The molecule has 0 atom stereocenters. The lowest BCUT2D eigenvalue weighted by atomic mass is 10.2. The number of benzene rings is 1. The third kappa shape index (κ3) is 5.51. The molecule has 1 aliphatic carbocycles. The van der Waals surface area contributed by atoms with E-state index in [4.69, 9.17) is 9.84 Å². The van der Waals surface area contributed by atoms with Crippen LogP contribution in [0.1, 0.15) is 37.7 Å². The molecule has 2 N–H and O–H groups in total. The van der Waals surface area contributed by atoms with Gasteiger partial charge in [0.1, 0.15) is 5.75 Å². The lowest BCUT2D eigenvalue weighted by molar-refractivity contribution is 0.265. The van der Waals surface area contributed by atoms with Crippen LogP contribution in [0.2, 0.25) is 0 Å². The summed E-state index contributed by atoms with van der Waals surface area (Å²) < 4.78 is 6.94. The molecule has 4 heteroatoms. The second-order valence-corrected chi connectivity index (χ2v) is 5.96. The van der Waals surface area contributed by atoms with Crippen molar-refractivity contribution in [3.05, 3.63) is 28.2 Å². The summed E-state index contributed by atoms with van der Waals surface area (Å²) in [6.07, 6.45) is 5.46. The van der Waals surface area contributed by atoms with Gasteiger partial charge >= 0.3 is 0 Å². The maximum absolute atomic E-state index is 8.73. The molecule has 1 aromatic carbocycles. The van der Waals surface area contributed by atoms with Crippen LogP contribution in [0, 0.1) is 0 Å². The predicted octanol–water partition coefficient (Wildman–Crippen LogP) is 3.24. The van der Waals surface area contributed by atoms with Gasteiger partial charge in [-0.25, -0.2) is 0 Å². The first-order valence-corrected chi connectivity index (χ1v) is 7.84. The second-order valence-electron chi connectivity index (χ2n) is 5.04. The van der Waals surface area contributed by atoms with Gasteiger partial charge in [-0.15, -0.1) is 0 Å². The Hall–Kier alpha value is -0.580. The van der Waals surface area contributed by atoms with Crippen LogP contribution in [0.25, 0.3) is 0 Å². The largest absolute Gasteiger partial charge is 0.493 e. The van der Waals surface area contributed by atoms with E-state index < -0.39 is 0 Å². The first kappa shape index (κ1) is 14.8. The van der Waals surface area contributed by atoms with Gasteiger partial charge in [-0.2, -0.15) is 0 Å². The summed E-state index contributed by atoms with van der Waals surface area (Å²) in [5, 5.41) is 12.2. The molecule has 0 saturated heterocycles. The Morgan fingerprint density at radius 2 is 2.11 bits per heavy atom. The summed E-state index contributed by atoms with van der Waals surface area (Å²) >= 11 is 3.51. The summed E-state index contributed by atoms with van der Waals surface area (Å²) in [5.74, 6) is 0.973. The van der Waals surface area contributed by atoms with Crippen molar-refractivity contribution in [3.8, 4) is 5.75 Å². The first-order chi connectivity index (χ1) is 9.29. The topological polar surface area (TPSA) is 41.5 Å². The van der Waals surface area contributed by atoms with Crippen molar-refractivity contribution in [3.63, 3.8) is 0 Å². The number of aliphatic hydroxyl groups is 1. The van der Waals surface area contributed by atoms with Gasteiger partial charge in [0.15, 0.2) is 0 Å². The van der Waals surface area contributed by atoms with Crippen LogP contribution >= 0.6 is 15.9 Å². The molecular formula is C15H22BrNO2. The number of aliphatic hydroxyl groups excluding tert-OH is 1. The van der Waals surface area contributed by atoms with Crippen molar-refractivity contribution >= 4 is 15.9 Å². The minimum absolute atomic E-state index is 0.273. The molecule has 0 aromatic heterocycles. The fraction of sp³-hybridized carbons (Fsp3) is 0.600. The van der Waals surface area contributed by atoms with Gasteiger partial charge in [-0.05, 0) is 50.3 Å². The van der Waals surface area contributed by atoms with Crippen molar-refractivity contribution in [2.24, 2.45) is 0 Å². The van der Waals surface area contributed by atoms with Crippen molar-refractivity contribution in [2.45, 2.75) is 44.7 Å². The Labute approximate surface area is 123 Å². The summed E-state index contributed by atoms with van der Waals surface area (Å²) in [6, 6.07) is 6.87. The van der Waals surface area contributed by atoms with Gasteiger partial charge in [0.2, 0.25) is 0 Å². The second kappa shape index (κ2) is 7.88. The van der Waals surface area contributed by atoms with Gasteiger partial charge < -0.3 is 15.2 Å². The maximum Gasteiger partial charge on any atom is 0.123 e. The minimum Gasteiger partial charge on any atom is -0.493 e. The smallest absolute Gasteiger partial charge is 0.123 e. The van der Waals surface area contributed by atoms with Crippen LogP contribution in [0.15, 0.2) is 22.7 Å². The van der Waals surface area contributed by atoms with E-state index in [2.05, 4.69) is 27.3 Å². The van der Waals surface area contributed by atoms with Crippen LogP contribution < -0.4 is 10.1 Å². The highest BCUT2D eigenvalue weighted by Crippen LogP contribution is 2.25. The van der Waals surface area contributed by atoms with E-state index in [-0.39, 0.29) is 6.61 Å². The highest BCUT2D eigenvalue weighted by atomic mass is 79.9. The predicted molar refractivity (Wildman–Crippen MR) is 80.4 cm³/mol. The zero-order valence-corrected chi connectivity index (χ0v) is 12.8. The van der Waals surface area contributed by atoms with Crippen LogP contribution in [-0.2, 0) is 6.54 Å². The van der Waals surface area contributed by atoms with Gasteiger partial charge in [-0.3, -0.25) is 0 Å². The van der Waals surface area contributed by atoms with E-state index in [0.717, 1.165) is 42.6 Å². The monoisotopic (exact) mass is 327 g/mol. The van der Waals surface area contributed by atoms with Crippen LogP contribution in [0.5, 0.6) is 5.75 Å². The normalized spacial score (nSPS) is 14.6. The Kier molecular flexibility index (Phi) is 6.14. The number of rotatable bonds is 9. The maximum atomic E-state index is 8.73. The van der Waals surface area contributed by atoms with Crippen LogP contribution in [-0.4, -0.2) is 24.4 Å². The SMILES string of the molecule is OCCCCCOc1ccc(Br)cc1CNC1CC1. The lowest BCUT2D eigenvalue weighted by Gasteiger charge is -2.12. The molecule has 0 aliphatic heterocycles. The number of ether oxygens (including phenoxy) is 1. The van der Waals surface area contributed by atoms with Crippen molar-refractivity contribution in [2.75, 3.05) is 13.2 Å². The third-order valence-corrected chi connectivity index (χ3v) is 3.73. The molecule has 1 saturated carbocycles. The van der Waals surface area contributed by atoms with E-state index in [9.17, 15) is 0 Å². The zero-order valence-electron chi connectivity index (χ0n) is 11.2. The molecular weight excluding hydrogens is 306 g/mol. The van der Waals surface area contributed by atoms with Crippen molar-refractivity contribution in [1.29, 1.82) is 0 Å². The van der Waals surface area contributed by atoms with E-state index in [0.29, 0.717) is 6.04 Å². The Morgan fingerprint density at radius 3 is 2.84 bits per heavy atom. The lowest BCUT2D eigenvalue weighted by Crippen LogP contribution is -2.16. The standard InChI is InChI=1S/C15H22BrNO2/c16-13-4-7-15(19-9-3-1-2-8-18)12(10-13)11-17-14-5-6-14/h4,7,10,14,17-18H,1-3,5-6,8-9,11H2. The van der Waals surface area contributed by atoms with E-state index in [1.54, 1.807) is 0 Å². The Balaban J connectivity index is 1.82. The fourth-order valence-corrected chi connectivity index (χ4v) is 2.35. The summed E-state index contributed by atoms with van der Waals surface area (Å²) in [5.41, 5.74) is 1.21. The first-order valence-electron chi connectivity index (χ1n) is 7.05. The summed E-state index contributed by atoms with van der Waals surface area (Å²) in [6.45, 7) is 1.86. The van der Waals surface area contributed by atoms with Gasteiger partial charge in [-0.1, -0.05) is 15.9 Å². The molecule has 0 heterocycles. The quantitative estimate of drug-likeness (QED) is 0.684. The van der Waals surface area contributed by atoms with Crippen molar-refractivity contribution < 1.29 is 9.84 Å². The molecule has 0 bridgehead atoms. The van der Waals surface area contributed by atoms with Gasteiger partial charge in [0.25, 0.3) is 0 Å². The molecule has 2 rings (SSSR count). The molecule has 0 spiro atoms.